The van der Waals surface area contributed by atoms with Gasteiger partial charge in [0.05, 0.1) is 18.1 Å². The molecule has 1 heterocycles. The summed E-state index contributed by atoms with van der Waals surface area (Å²) in [6, 6.07) is 5.48. The minimum atomic E-state index is -0.517. The Morgan fingerprint density at radius 2 is 2.05 bits per heavy atom. The van der Waals surface area contributed by atoms with Gasteiger partial charge in [-0.3, -0.25) is 10.1 Å². The molecule has 0 spiro atoms. The van der Waals surface area contributed by atoms with Crippen LogP contribution in [0.3, 0.4) is 0 Å². The number of hydrogen-bond donors (Lipinski definition) is 0. The average Bonchev–Trinajstić information content (AvgIpc) is 2.46. The van der Waals surface area contributed by atoms with Gasteiger partial charge in [0, 0.05) is 18.6 Å². The van der Waals surface area contributed by atoms with Crippen LogP contribution in [0.25, 0.3) is 0 Å². The molecule has 1 aromatic heterocycles. The van der Waals surface area contributed by atoms with Crippen LogP contribution in [0.2, 0.25) is 5.15 Å². The zero-order chi connectivity index (χ0) is 15.4. The second kappa shape index (κ2) is 6.36. The standard InChI is InChI=1S/C13H12ClN3O4/c1-3-12-15-11(14)7-13(16-12)21-10-6-8(17(18)19)4-5-9(10)20-2/h4-7H,3H2,1-2H3. The van der Waals surface area contributed by atoms with Gasteiger partial charge in [0.25, 0.3) is 5.69 Å². The number of nitro groups is 1. The summed E-state index contributed by atoms with van der Waals surface area (Å²) < 4.78 is 10.7. The molecule has 0 atom stereocenters. The van der Waals surface area contributed by atoms with E-state index in [0.717, 1.165) is 0 Å². The molecule has 0 aliphatic carbocycles. The first kappa shape index (κ1) is 15.0. The number of benzene rings is 1. The molecule has 0 N–H and O–H groups in total. The van der Waals surface area contributed by atoms with Crippen molar-refractivity contribution in [2.24, 2.45) is 0 Å². The summed E-state index contributed by atoms with van der Waals surface area (Å²) in [6.45, 7) is 1.88. The number of halogens is 1. The maximum Gasteiger partial charge on any atom is 0.273 e. The summed E-state index contributed by atoms with van der Waals surface area (Å²) >= 11 is 5.88. The van der Waals surface area contributed by atoms with Gasteiger partial charge in [-0.2, -0.15) is 4.98 Å². The maximum atomic E-state index is 10.8. The van der Waals surface area contributed by atoms with E-state index < -0.39 is 4.92 Å². The molecule has 0 bridgehead atoms. The van der Waals surface area contributed by atoms with E-state index in [-0.39, 0.29) is 22.5 Å². The van der Waals surface area contributed by atoms with Gasteiger partial charge >= 0.3 is 0 Å². The molecular formula is C13H12ClN3O4. The van der Waals surface area contributed by atoms with Crippen molar-refractivity contribution < 1.29 is 14.4 Å². The molecule has 7 nitrogen and oxygen atoms in total. The molecule has 2 rings (SSSR count). The normalized spacial score (nSPS) is 10.2. The molecule has 0 fully saturated rings. The Morgan fingerprint density at radius 3 is 2.67 bits per heavy atom. The Labute approximate surface area is 125 Å². The third kappa shape index (κ3) is 3.57. The Balaban J connectivity index is 2.40. The molecular weight excluding hydrogens is 298 g/mol. The molecule has 0 aliphatic heterocycles. The summed E-state index contributed by atoms with van der Waals surface area (Å²) in [4.78, 5) is 18.5. The van der Waals surface area contributed by atoms with Crippen LogP contribution in [0.15, 0.2) is 24.3 Å². The predicted molar refractivity (Wildman–Crippen MR) is 76.1 cm³/mol. The van der Waals surface area contributed by atoms with Gasteiger partial charge in [-0.25, -0.2) is 4.98 Å². The van der Waals surface area contributed by atoms with Gasteiger partial charge < -0.3 is 9.47 Å². The predicted octanol–water partition coefficient (Wildman–Crippen LogP) is 3.40. The highest BCUT2D eigenvalue weighted by atomic mass is 35.5. The molecule has 0 radical (unpaired) electrons. The monoisotopic (exact) mass is 309 g/mol. The molecule has 110 valence electrons. The highest BCUT2D eigenvalue weighted by molar-refractivity contribution is 6.29. The summed E-state index contributed by atoms with van der Waals surface area (Å²) in [6.07, 6.45) is 0.586. The van der Waals surface area contributed by atoms with Crippen molar-refractivity contribution in [1.82, 2.24) is 9.97 Å². The lowest BCUT2D eigenvalue weighted by molar-refractivity contribution is -0.384. The Kier molecular flexibility index (Phi) is 4.54. The van der Waals surface area contributed by atoms with Gasteiger partial charge in [-0.1, -0.05) is 18.5 Å². The van der Waals surface area contributed by atoms with Crippen LogP contribution in [0.1, 0.15) is 12.7 Å². The third-order valence-corrected chi connectivity index (χ3v) is 2.80. The lowest BCUT2D eigenvalue weighted by Crippen LogP contribution is -1.98. The molecule has 8 heteroatoms. The zero-order valence-electron chi connectivity index (χ0n) is 11.4. The minimum absolute atomic E-state index is 0.110. The Hall–Kier alpha value is -2.41. The van der Waals surface area contributed by atoms with Gasteiger partial charge in [0.15, 0.2) is 11.5 Å². The van der Waals surface area contributed by atoms with Crippen molar-refractivity contribution in [2.45, 2.75) is 13.3 Å². The molecule has 0 aliphatic rings. The number of aryl methyl sites for hydroxylation is 1. The summed E-state index contributed by atoms with van der Waals surface area (Å²) in [5.74, 6) is 1.25. The van der Waals surface area contributed by atoms with E-state index in [0.29, 0.717) is 18.0 Å². The summed E-state index contributed by atoms with van der Waals surface area (Å²) in [5, 5.41) is 11.1. The highest BCUT2D eigenvalue weighted by Gasteiger charge is 2.14. The van der Waals surface area contributed by atoms with E-state index in [2.05, 4.69) is 9.97 Å². The van der Waals surface area contributed by atoms with E-state index in [1.54, 1.807) is 0 Å². The number of non-ortho nitro benzene ring substituents is 1. The molecule has 0 amide bonds. The van der Waals surface area contributed by atoms with Crippen molar-refractivity contribution in [1.29, 1.82) is 0 Å². The molecule has 2 aromatic rings. The number of nitro benzene ring substituents is 1. The number of hydrogen-bond acceptors (Lipinski definition) is 6. The maximum absolute atomic E-state index is 10.8. The quantitative estimate of drug-likeness (QED) is 0.478. The van der Waals surface area contributed by atoms with Crippen LogP contribution in [-0.2, 0) is 6.42 Å². The SMILES string of the molecule is CCc1nc(Cl)cc(Oc2cc([N+](=O)[O-])ccc2OC)n1. The molecule has 21 heavy (non-hydrogen) atoms. The number of rotatable bonds is 5. The van der Waals surface area contributed by atoms with E-state index in [9.17, 15) is 10.1 Å². The van der Waals surface area contributed by atoms with Gasteiger partial charge in [0.2, 0.25) is 5.88 Å². The first-order valence-electron chi connectivity index (χ1n) is 6.07. The van der Waals surface area contributed by atoms with E-state index in [1.165, 1.54) is 31.4 Å². The topological polar surface area (TPSA) is 87.4 Å². The number of aromatic nitrogens is 2. The zero-order valence-corrected chi connectivity index (χ0v) is 12.1. The van der Waals surface area contributed by atoms with Gasteiger partial charge in [0.1, 0.15) is 11.0 Å². The Morgan fingerprint density at radius 1 is 1.29 bits per heavy atom. The first-order valence-corrected chi connectivity index (χ1v) is 6.45. The summed E-state index contributed by atoms with van der Waals surface area (Å²) in [7, 11) is 1.44. The fraction of sp³-hybridized carbons (Fsp3) is 0.231. The van der Waals surface area contributed by atoms with Crippen molar-refractivity contribution in [3.05, 3.63) is 45.4 Å². The lowest BCUT2D eigenvalue weighted by atomic mass is 10.3. The fourth-order valence-electron chi connectivity index (χ4n) is 1.62. The molecule has 1 aromatic carbocycles. The van der Waals surface area contributed by atoms with Crippen molar-refractivity contribution in [3.8, 4) is 17.4 Å². The second-order valence-corrected chi connectivity index (χ2v) is 4.38. The summed E-state index contributed by atoms with van der Waals surface area (Å²) in [5.41, 5.74) is -0.110. The third-order valence-electron chi connectivity index (χ3n) is 2.61. The number of ether oxygens (including phenoxy) is 2. The van der Waals surface area contributed by atoms with E-state index in [1.807, 2.05) is 6.92 Å². The number of methoxy groups -OCH3 is 1. The fourth-order valence-corrected chi connectivity index (χ4v) is 1.81. The van der Waals surface area contributed by atoms with Gasteiger partial charge in [-0.15, -0.1) is 0 Å². The van der Waals surface area contributed by atoms with E-state index >= 15 is 0 Å². The van der Waals surface area contributed by atoms with Crippen LogP contribution in [-0.4, -0.2) is 22.0 Å². The van der Waals surface area contributed by atoms with Crippen molar-refractivity contribution in [2.75, 3.05) is 7.11 Å². The van der Waals surface area contributed by atoms with Crippen LogP contribution >= 0.6 is 11.6 Å². The number of nitrogens with zero attached hydrogens (tertiary/aromatic N) is 3. The van der Waals surface area contributed by atoms with Crippen LogP contribution < -0.4 is 9.47 Å². The second-order valence-electron chi connectivity index (χ2n) is 3.99. The van der Waals surface area contributed by atoms with Crippen LogP contribution in [0, 0.1) is 10.1 Å². The van der Waals surface area contributed by atoms with Gasteiger partial charge in [-0.05, 0) is 6.07 Å². The van der Waals surface area contributed by atoms with Crippen molar-refractivity contribution >= 4 is 17.3 Å². The lowest BCUT2D eigenvalue weighted by Gasteiger charge is -2.10. The molecule has 0 saturated heterocycles. The molecule has 0 saturated carbocycles. The molecule has 0 unspecified atom stereocenters. The van der Waals surface area contributed by atoms with Crippen LogP contribution in [0.5, 0.6) is 17.4 Å². The first-order chi connectivity index (χ1) is 10.0. The largest absolute Gasteiger partial charge is 0.493 e. The van der Waals surface area contributed by atoms with E-state index in [4.69, 9.17) is 21.1 Å². The highest BCUT2D eigenvalue weighted by Crippen LogP contribution is 2.34. The smallest absolute Gasteiger partial charge is 0.273 e. The van der Waals surface area contributed by atoms with Crippen molar-refractivity contribution in [3.63, 3.8) is 0 Å². The van der Waals surface area contributed by atoms with Crippen LogP contribution in [0.4, 0.5) is 5.69 Å². The Bertz CT molecular complexity index is 678. The average molecular weight is 310 g/mol. The minimum Gasteiger partial charge on any atom is -0.493 e.